The molecule has 4 rings (SSSR count). The van der Waals surface area contributed by atoms with Gasteiger partial charge in [0.05, 0.1) is 20.0 Å². The molecule has 0 spiro atoms. The number of para-hydroxylation sites is 1. The minimum absolute atomic E-state index is 0.0863. The van der Waals surface area contributed by atoms with Gasteiger partial charge >= 0.3 is 13.7 Å². The van der Waals surface area contributed by atoms with Crippen molar-refractivity contribution in [2.45, 2.75) is 31.8 Å². The molecular weight excluding hydrogens is 451 g/mol. The molecule has 2 atom stereocenters. The number of nitrogens with zero attached hydrogens (tertiary/aromatic N) is 4. The van der Waals surface area contributed by atoms with Crippen molar-refractivity contribution in [3.8, 4) is 11.6 Å². The van der Waals surface area contributed by atoms with Gasteiger partial charge in [0.15, 0.2) is 11.2 Å². The minimum atomic E-state index is -3.92. The number of anilines is 1. The molecule has 0 radical (unpaired) electrons. The molecule has 2 unspecified atom stereocenters. The Morgan fingerprint density at radius 1 is 1.33 bits per heavy atom. The third kappa shape index (κ3) is 5.08. The number of rotatable bonds is 10. The number of aliphatic carboxylic acids is 1. The largest absolute Gasteiger partial charge is 0.480 e. The van der Waals surface area contributed by atoms with Crippen molar-refractivity contribution in [2.24, 2.45) is 5.92 Å². The van der Waals surface area contributed by atoms with Crippen molar-refractivity contribution < 1.29 is 28.3 Å². The summed E-state index contributed by atoms with van der Waals surface area (Å²) in [7, 11) is -2.43. The normalized spacial score (nSPS) is 20.5. The standard InChI is InChI=1S/C20H25N6O6P/c1-12(19(27)28)25-33(29,32-15-6-4-3-5-7-15)31-10-13-8-14(9-13)26-11-22-16-17(26)23-20(21)24-18(16)30-2/h3-7,11-14H,8-10H2,1-2H3,(H,25,29)(H,27,28)(H2,21,23,24)/t12?,13-,14+,33?. The number of ether oxygens (including phenoxy) is 1. The summed E-state index contributed by atoms with van der Waals surface area (Å²) in [6.45, 7) is 1.51. The van der Waals surface area contributed by atoms with Gasteiger partial charge in [-0.3, -0.25) is 9.32 Å². The van der Waals surface area contributed by atoms with Crippen molar-refractivity contribution in [1.82, 2.24) is 24.6 Å². The number of fused-ring (bicyclic) bond motifs is 1. The van der Waals surface area contributed by atoms with Crippen LogP contribution in [0.15, 0.2) is 36.7 Å². The van der Waals surface area contributed by atoms with E-state index in [1.54, 1.807) is 36.7 Å². The van der Waals surface area contributed by atoms with Crippen LogP contribution in [0.4, 0.5) is 5.95 Å². The van der Waals surface area contributed by atoms with Crippen molar-refractivity contribution >= 4 is 30.8 Å². The van der Waals surface area contributed by atoms with Crippen molar-refractivity contribution in [2.75, 3.05) is 19.5 Å². The third-order valence-corrected chi connectivity index (χ3v) is 7.02. The number of methoxy groups -OCH3 is 1. The van der Waals surface area contributed by atoms with E-state index in [2.05, 4.69) is 20.0 Å². The summed E-state index contributed by atoms with van der Waals surface area (Å²) in [4.78, 5) is 23.9. The van der Waals surface area contributed by atoms with Crippen LogP contribution in [-0.4, -0.2) is 50.4 Å². The lowest BCUT2D eigenvalue weighted by molar-refractivity contribution is -0.138. The lowest BCUT2D eigenvalue weighted by Gasteiger charge is -2.36. The zero-order chi connectivity index (χ0) is 23.6. The summed E-state index contributed by atoms with van der Waals surface area (Å²) in [5.74, 6) is -0.356. The lowest BCUT2D eigenvalue weighted by Crippen LogP contribution is -2.35. The van der Waals surface area contributed by atoms with Crippen LogP contribution < -0.4 is 20.1 Å². The molecule has 33 heavy (non-hydrogen) atoms. The number of benzene rings is 1. The van der Waals surface area contributed by atoms with Crippen LogP contribution in [0.25, 0.3) is 11.2 Å². The molecule has 13 heteroatoms. The maximum atomic E-state index is 13.3. The number of carboxylic acid groups (broad SMARTS) is 1. The zero-order valence-corrected chi connectivity index (χ0v) is 19.0. The van der Waals surface area contributed by atoms with Gasteiger partial charge in [-0.25, -0.2) is 9.55 Å². The summed E-state index contributed by atoms with van der Waals surface area (Å²) in [5.41, 5.74) is 6.89. The Hall–Kier alpha value is -3.21. The molecule has 1 aromatic carbocycles. The van der Waals surface area contributed by atoms with Gasteiger partial charge < -0.3 is 24.7 Å². The molecule has 1 fully saturated rings. The van der Waals surface area contributed by atoms with E-state index in [1.165, 1.54) is 14.0 Å². The number of carboxylic acids is 1. The highest BCUT2D eigenvalue weighted by Crippen LogP contribution is 2.48. The topological polar surface area (TPSA) is 164 Å². The second-order valence-electron chi connectivity index (χ2n) is 7.79. The highest BCUT2D eigenvalue weighted by Gasteiger charge is 2.37. The number of nitrogen functional groups attached to an aromatic ring is 1. The quantitative estimate of drug-likeness (QED) is 0.368. The number of carbonyl (C=O) groups is 1. The van der Waals surface area contributed by atoms with E-state index in [1.807, 2.05) is 4.57 Å². The van der Waals surface area contributed by atoms with E-state index in [4.69, 9.17) is 19.5 Å². The number of imidazole rings is 1. The van der Waals surface area contributed by atoms with Gasteiger partial charge in [-0.1, -0.05) is 18.2 Å². The van der Waals surface area contributed by atoms with Crippen LogP contribution in [0.2, 0.25) is 0 Å². The van der Waals surface area contributed by atoms with Gasteiger partial charge in [0, 0.05) is 6.04 Å². The van der Waals surface area contributed by atoms with E-state index in [-0.39, 0.29) is 24.5 Å². The van der Waals surface area contributed by atoms with E-state index in [0.29, 0.717) is 22.8 Å². The second-order valence-corrected chi connectivity index (χ2v) is 9.49. The fraction of sp³-hybridized carbons (Fsp3) is 0.400. The Morgan fingerprint density at radius 3 is 2.73 bits per heavy atom. The highest BCUT2D eigenvalue weighted by atomic mass is 31.2. The third-order valence-electron chi connectivity index (χ3n) is 5.38. The van der Waals surface area contributed by atoms with Gasteiger partial charge in [-0.05, 0) is 37.8 Å². The molecule has 12 nitrogen and oxygen atoms in total. The fourth-order valence-electron chi connectivity index (χ4n) is 3.59. The van der Waals surface area contributed by atoms with Gasteiger partial charge in [-0.2, -0.15) is 15.1 Å². The molecule has 1 aliphatic carbocycles. The smallest absolute Gasteiger partial charge is 0.459 e. The second kappa shape index (κ2) is 9.34. The van der Waals surface area contributed by atoms with Crippen LogP contribution in [-0.2, 0) is 13.9 Å². The first-order valence-electron chi connectivity index (χ1n) is 10.3. The molecule has 1 saturated carbocycles. The van der Waals surface area contributed by atoms with Gasteiger partial charge in [0.1, 0.15) is 11.8 Å². The number of hydrogen-bond donors (Lipinski definition) is 3. The Bertz CT molecular complexity index is 1180. The molecule has 2 aromatic heterocycles. The van der Waals surface area contributed by atoms with E-state index in [0.717, 1.165) is 12.8 Å². The number of nitrogens with one attached hydrogen (secondary N) is 1. The Kier molecular flexibility index (Phi) is 6.50. The van der Waals surface area contributed by atoms with E-state index in [9.17, 15) is 14.5 Å². The van der Waals surface area contributed by atoms with Crippen LogP contribution in [0.1, 0.15) is 25.8 Å². The molecule has 0 bridgehead atoms. The van der Waals surface area contributed by atoms with Crippen LogP contribution in [0.5, 0.6) is 11.6 Å². The summed E-state index contributed by atoms with van der Waals surface area (Å²) >= 11 is 0. The Labute approximate surface area is 189 Å². The highest BCUT2D eigenvalue weighted by molar-refractivity contribution is 7.52. The van der Waals surface area contributed by atoms with Crippen molar-refractivity contribution in [3.05, 3.63) is 36.7 Å². The maximum absolute atomic E-state index is 13.3. The van der Waals surface area contributed by atoms with Crippen molar-refractivity contribution in [3.63, 3.8) is 0 Å². The summed E-state index contributed by atoms with van der Waals surface area (Å²) in [5, 5.41) is 11.7. The summed E-state index contributed by atoms with van der Waals surface area (Å²) in [6, 6.07) is 7.45. The maximum Gasteiger partial charge on any atom is 0.459 e. The molecule has 0 saturated heterocycles. The number of nitrogens with two attached hydrogens (primary N) is 1. The first kappa shape index (κ1) is 23.0. The monoisotopic (exact) mass is 476 g/mol. The van der Waals surface area contributed by atoms with Crippen LogP contribution in [0.3, 0.4) is 0 Å². The Morgan fingerprint density at radius 2 is 2.06 bits per heavy atom. The molecule has 4 N–H and O–H groups in total. The average Bonchev–Trinajstić information content (AvgIpc) is 3.16. The van der Waals surface area contributed by atoms with E-state index >= 15 is 0 Å². The van der Waals surface area contributed by atoms with Crippen LogP contribution >= 0.6 is 7.75 Å². The number of aromatic nitrogens is 4. The lowest BCUT2D eigenvalue weighted by atomic mass is 9.81. The molecular formula is C20H25N6O6P. The predicted molar refractivity (Wildman–Crippen MR) is 119 cm³/mol. The molecule has 1 aliphatic rings. The predicted octanol–water partition coefficient (Wildman–Crippen LogP) is 2.63. The first-order valence-corrected chi connectivity index (χ1v) is 11.9. The number of hydrogen-bond acceptors (Lipinski definition) is 9. The molecule has 3 aromatic rings. The van der Waals surface area contributed by atoms with E-state index < -0.39 is 19.8 Å². The van der Waals surface area contributed by atoms with Crippen LogP contribution in [0, 0.1) is 5.92 Å². The van der Waals surface area contributed by atoms with Gasteiger partial charge in [-0.15, -0.1) is 0 Å². The average molecular weight is 476 g/mol. The van der Waals surface area contributed by atoms with Gasteiger partial charge in [0.25, 0.3) is 0 Å². The zero-order valence-electron chi connectivity index (χ0n) is 18.1. The molecule has 2 heterocycles. The van der Waals surface area contributed by atoms with Crippen molar-refractivity contribution in [1.29, 1.82) is 0 Å². The molecule has 0 aliphatic heterocycles. The van der Waals surface area contributed by atoms with Gasteiger partial charge in [0.2, 0.25) is 11.8 Å². The molecule has 176 valence electrons. The first-order chi connectivity index (χ1) is 15.8. The minimum Gasteiger partial charge on any atom is -0.480 e. The fourth-order valence-corrected chi connectivity index (χ4v) is 5.16. The summed E-state index contributed by atoms with van der Waals surface area (Å²) in [6.07, 6.45) is 3.11. The summed E-state index contributed by atoms with van der Waals surface area (Å²) < 4.78 is 31.6. The molecule has 0 amide bonds. The SMILES string of the molecule is COc1nc(N)nc2c1ncn2[C@H]1C[C@@H](COP(=O)(NC(C)C(=O)O)Oc2ccccc2)C1. The Balaban J connectivity index is 1.41.